The van der Waals surface area contributed by atoms with Gasteiger partial charge >= 0.3 is 6.18 Å². The fourth-order valence-corrected chi connectivity index (χ4v) is 2.15. The molecule has 0 saturated carbocycles. The van der Waals surface area contributed by atoms with Crippen LogP contribution in [0.3, 0.4) is 0 Å². The molecule has 0 radical (unpaired) electrons. The first-order chi connectivity index (χ1) is 9.45. The molecule has 116 valence electrons. The van der Waals surface area contributed by atoms with Gasteiger partial charge in [0, 0.05) is 25.8 Å². The molecule has 1 heterocycles. The summed E-state index contributed by atoms with van der Waals surface area (Å²) < 4.78 is 45.7. The van der Waals surface area contributed by atoms with E-state index in [1.54, 1.807) is 7.11 Å². The van der Waals surface area contributed by atoms with Crippen LogP contribution in [0.5, 0.6) is 0 Å². The van der Waals surface area contributed by atoms with Gasteiger partial charge in [0.15, 0.2) is 0 Å². The van der Waals surface area contributed by atoms with Crippen molar-refractivity contribution in [2.24, 2.45) is 0 Å². The number of alkyl halides is 3. The van der Waals surface area contributed by atoms with Crippen molar-refractivity contribution in [1.82, 2.24) is 15.1 Å². The van der Waals surface area contributed by atoms with Crippen LogP contribution in [0.25, 0.3) is 0 Å². The first-order valence-corrected chi connectivity index (χ1v) is 6.78. The summed E-state index contributed by atoms with van der Waals surface area (Å²) in [7, 11) is 1.55. The average molecular weight is 293 g/mol. The molecule has 0 atom stereocenters. The van der Waals surface area contributed by atoms with Crippen molar-refractivity contribution in [2.75, 3.05) is 20.3 Å². The maximum atomic E-state index is 13.2. The predicted molar refractivity (Wildman–Crippen MR) is 70.4 cm³/mol. The average Bonchev–Trinajstić information content (AvgIpc) is 2.80. The van der Waals surface area contributed by atoms with E-state index < -0.39 is 11.9 Å². The fraction of sp³-hybridized carbons (Fsp3) is 0.769. The third-order valence-electron chi connectivity index (χ3n) is 3.23. The minimum absolute atomic E-state index is 0.137. The van der Waals surface area contributed by atoms with Crippen LogP contribution in [-0.4, -0.2) is 30.0 Å². The topological polar surface area (TPSA) is 39.1 Å². The Balaban J connectivity index is 2.95. The summed E-state index contributed by atoms with van der Waals surface area (Å²) in [5, 5.41) is 6.87. The van der Waals surface area contributed by atoms with E-state index in [1.165, 1.54) is 6.20 Å². The summed E-state index contributed by atoms with van der Waals surface area (Å²) in [4.78, 5) is 0. The van der Waals surface area contributed by atoms with Crippen molar-refractivity contribution in [1.29, 1.82) is 0 Å². The quantitative estimate of drug-likeness (QED) is 0.749. The molecule has 0 aliphatic carbocycles. The molecule has 1 aromatic rings. The number of hydrogen-bond acceptors (Lipinski definition) is 3. The van der Waals surface area contributed by atoms with E-state index in [4.69, 9.17) is 4.74 Å². The minimum atomic E-state index is -4.39. The van der Waals surface area contributed by atoms with Crippen LogP contribution in [0.4, 0.5) is 13.2 Å². The maximum absolute atomic E-state index is 13.2. The molecule has 1 aromatic heterocycles. The van der Waals surface area contributed by atoms with Gasteiger partial charge in [-0.25, -0.2) is 0 Å². The summed E-state index contributed by atoms with van der Waals surface area (Å²) in [6.07, 6.45) is -1.84. The zero-order valence-corrected chi connectivity index (χ0v) is 12.1. The molecule has 0 aromatic carbocycles. The Kier molecular flexibility index (Phi) is 6.48. The standard InChI is InChI=1S/C13H22F3N3O/c1-4-11(5-2)19-12(13(14,15)16)10(9-18-19)8-17-6-7-20-3/h9,11,17H,4-8H2,1-3H3. The lowest BCUT2D eigenvalue weighted by atomic mass is 10.1. The summed E-state index contributed by atoms with van der Waals surface area (Å²) in [6.45, 7) is 4.84. The van der Waals surface area contributed by atoms with Gasteiger partial charge in [-0.2, -0.15) is 18.3 Å². The highest BCUT2D eigenvalue weighted by Gasteiger charge is 2.39. The lowest BCUT2D eigenvalue weighted by Crippen LogP contribution is -2.23. The fourth-order valence-electron chi connectivity index (χ4n) is 2.15. The lowest BCUT2D eigenvalue weighted by molar-refractivity contribution is -0.145. The van der Waals surface area contributed by atoms with Crippen molar-refractivity contribution in [2.45, 2.75) is 45.5 Å². The monoisotopic (exact) mass is 293 g/mol. The van der Waals surface area contributed by atoms with Crippen LogP contribution in [0.15, 0.2) is 6.20 Å². The Morgan fingerprint density at radius 2 is 2.00 bits per heavy atom. The maximum Gasteiger partial charge on any atom is 0.433 e. The largest absolute Gasteiger partial charge is 0.433 e. The molecule has 0 aliphatic heterocycles. The number of rotatable bonds is 8. The van der Waals surface area contributed by atoms with Gasteiger partial charge in [-0.15, -0.1) is 0 Å². The molecule has 0 aliphatic rings. The Bertz CT molecular complexity index is 400. The molecule has 1 rings (SSSR count). The number of ether oxygens (including phenoxy) is 1. The van der Waals surface area contributed by atoms with Crippen molar-refractivity contribution in [3.05, 3.63) is 17.5 Å². The zero-order chi connectivity index (χ0) is 15.2. The van der Waals surface area contributed by atoms with E-state index >= 15 is 0 Å². The highest BCUT2D eigenvalue weighted by molar-refractivity contribution is 5.21. The molecule has 1 N–H and O–H groups in total. The zero-order valence-electron chi connectivity index (χ0n) is 12.1. The van der Waals surface area contributed by atoms with Crippen LogP contribution in [0.2, 0.25) is 0 Å². The lowest BCUT2D eigenvalue weighted by Gasteiger charge is -2.19. The second-order valence-corrected chi connectivity index (χ2v) is 4.60. The van der Waals surface area contributed by atoms with Gasteiger partial charge in [0.25, 0.3) is 0 Å². The molecular weight excluding hydrogens is 271 g/mol. The number of halogens is 3. The van der Waals surface area contributed by atoms with Gasteiger partial charge in [-0.3, -0.25) is 4.68 Å². The van der Waals surface area contributed by atoms with E-state index in [-0.39, 0.29) is 18.2 Å². The smallest absolute Gasteiger partial charge is 0.383 e. The van der Waals surface area contributed by atoms with Crippen LogP contribution >= 0.6 is 0 Å². The van der Waals surface area contributed by atoms with Crippen LogP contribution < -0.4 is 5.32 Å². The molecule has 7 heteroatoms. The van der Waals surface area contributed by atoms with Gasteiger partial charge in [0.2, 0.25) is 0 Å². The summed E-state index contributed by atoms with van der Waals surface area (Å²) in [6, 6.07) is -0.223. The molecule has 0 unspecified atom stereocenters. The predicted octanol–water partition coefficient (Wildman–Crippen LogP) is 3.00. The van der Waals surface area contributed by atoms with E-state index in [0.29, 0.717) is 26.0 Å². The highest BCUT2D eigenvalue weighted by Crippen LogP contribution is 2.34. The van der Waals surface area contributed by atoms with Crippen molar-refractivity contribution < 1.29 is 17.9 Å². The van der Waals surface area contributed by atoms with Crippen LogP contribution in [0, 0.1) is 0 Å². The Hall–Kier alpha value is -1.08. The van der Waals surface area contributed by atoms with E-state index in [9.17, 15) is 13.2 Å². The third kappa shape index (κ3) is 4.21. The van der Waals surface area contributed by atoms with E-state index in [1.807, 2.05) is 13.8 Å². The molecule has 0 amide bonds. The van der Waals surface area contributed by atoms with E-state index in [2.05, 4.69) is 10.4 Å². The van der Waals surface area contributed by atoms with Crippen molar-refractivity contribution in [3.63, 3.8) is 0 Å². The van der Waals surface area contributed by atoms with Gasteiger partial charge in [-0.05, 0) is 12.8 Å². The summed E-state index contributed by atoms with van der Waals surface area (Å²) >= 11 is 0. The SMILES string of the molecule is CCC(CC)n1ncc(CNCCOC)c1C(F)(F)F. The summed E-state index contributed by atoms with van der Waals surface area (Å²) in [5.41, 5.74) is -0.461. The molecule has 0 bridgehead atoms. The molecular formula is C13H22F3N3O. The second kappa shape index (κ2) is 7.64. The molecule has 0 saturated heterocycles. The highest BCUT2D eigenvalue weighted by atomic mass is 19.4. The molecule has 4 nitrogen and oxygen atoms in total. The first-order valence-electron chi connectivity index (χ1n) is 6.78. The van der Waals surface area contributed by atoms with Gasteiger partial charge < -0.3 is 10.1 Å². The van der Waals surface area contributed by atoms with Gasteiger partial charge in [-0.1, -0.05) is 13.8 Å². The number of nitrogens with zero attached hydrogens (tertiary/aromatic N) is 2. The van der Waals surface area contributed by atoms with E-state index in [0.717, 1.165) is 4.68 Å². The Morgan fingerprint density at radius 3 is 2.50 bits per heavy atom. The minimum Gasteiger partial charge on any atom is -0.383 e. The molecule has 0 spiro atoms. The summed E-state index contributed by atoms with van der Waals surface area (Å²) in [5.74, 6) is 0. The van der Waals surface area contributed by atoms with Crippen molar-refractivity contribution in [3.8, 4) is 0 Å². The third-order valence-corrected chi connectivity index (χ3v) is 3.23. The number of methoxy groups -OCH3 is 1. The second-order valence-electron chi connectivity index (χ2n) is 4.60. The number of aromatic nitrogens is 2. The van der Waals surface area contributed by atoms with Crippen LogP contribution in [-0.2, 0) is 17.5 Å². The molecule has 20 heavy (non-hydrogen) atoms. The number of hydrogen-bond donors (Lipinski definition) is 1. The normalized spacial score (nSPS) is 12.3. The Morgan fingerprint density at radius 1 is 1.35 bits per heavy atom. The molecule has 0 fully saturated rings. The van der Waals surface area contributed by atoms with Crippen LogP contribution in [0.1, 0.15) is 44.0 Å². The van der Waals surface area contributed by atoms with Gasteiger partial charge in [0.1, 0.15) is 5.69 Å². The number of nitrogens with one attached hydrogen (secondary N) is 1. The Labute approximate surface area is 117 Å². The van der Waals surface area contributed by atoms with Gasteiger partial charge in [0.05, 0.1) is 18.8 Å². The first kappa shape index (κ1) is 17.0. The van der Waals surface area contributed by atoms with Crippen molar-refractivity contribution >= 4 is 0 Å².